The zero-order chi connectivity index (χ0) is 17.9. The molecule has 4 heterocycles. The highest BCUT2D eigenvalue weighted by Crippen LogP contribution is 2.30. The van der Waals surface area contributed by atoms with Crippen molar-refractivity contribution in [1.29, 1.82) is 0 Å². The first-order valence-corrected chi connectivity index (χ1v) is 8.95. The monoisotopic (exact) mass is 354 g/mol. The van der Waals surface area contributed by atoms with Gasteiger partial charge in [0.25, 0.3) is 5.91 Å². The second-order valence-corrected chi connectivity index (χ2v) is 6.59. The van der Waals surface area contributed by atoms with Crippen molar-refractivity contribution < 1.29 is 9.53 Å². The number of rotatable bonds is 4. The lowest BCUT2D eigenvalue weighted by atomic mass is 10.3. The van der Waals surface area contributed by atoms with Crippen LogP contribution in [0.4, 0.5) is 11.6 Å². The van der Waals surface area contributed by atoms with E-state index in [2.05, 4.69) is 19.9 Å². The number of carbonyl (C=O) groups is 1. The van der Waals surface area contributed by atoms with E-state index in [4.69, 9.17) is 10.5 Å². The molecule has 0 saturated carbocycles. The van der Waals surface area contributed by atoms with Gasteiger partial charge < -0.3 is 20.3 Å². The quantitative estimate of drug-likeness (QED) is 0.885. The van der Waals surface area contributed by atoms with E-state index in [-0.39, 0.29) is 23.5 Å². The molecule has 0 unspecified atom stereocenters. The summed E-state index contributed by atoms with van der Waals surface area (Å²) >= 11 is 0. The van der Waals surface area contributed by atoms with Crippen molar-refractivity contribution in [1.82, 2.24) is 19.9 Å². The van der Waals surface area contributed by atoms with E-state index in [1.807, 2.05) is 12.1 Å². The second kappa shape index (κ2) is 7.15. The molecule has 0 radical (unpaired) electrons. The lowest BCUT2D eigenvalue weighted by Gasteiger charge is -2.22. The molecule has 0 aliphatic carbocycles. The summed E-state index contributed by atoms with van der Waals surface area (Å²) in [6.45, 7) is 3.13. The fraction of sp³-hybridized carbons (Fsp3) is 0.444. The Morgan fingerprint density at radius 1 is 1.12 bits per heavy atom. The molecule has 8 heteroatoms. The Morgan fingerprint density at radius 3 is 2.73 bits per heavy atom. The molecular formula is C18H22N6O2. The molecule has 2 aromatic rings. The van der Waals surface area contributed by atoms with Crippen LogP contribution >= 0.6 is 0 Å². The highest BCUT2D eigenvalue weighted by molar-refractivity contribution is 5.96. The molecule has 2 aliphatic heterocycles. The lowest BCUT2D eigenvalue weighted by Crippen LogP contribution is -2.32. The van der Waals surface area contributed by atoms with Crippen molar-refractivity contribution in [2.24, 2.45) is 0 Å². The second-order valence-electron chi connectivity index (χ2n) is 6.59. The maximum atomic E-state index is 12.6. The molecule has 1 atom stereocenters. The third-order valence-corrected chi connectivity index (χ3v) is 4.81. The van der Waals surface area contributed by atoms with Gasteiger partial charge in [0, 0.05) is 44.6 Å². The van der Waals surface area contributed by atoms with Gasteiger partial charge in [0.15, 0.2) is 23.1 Å². The van der Waals surface area contributed by atoms with E-state index in [1.165, 1.54) is 25.2 Å². The first-order valence-electron chi connectivity index (χ1n) is 8.95. The van der Waals surface area contributed by atoms with Crippen LogP contribution in [0.5, 0.6) is 5.75 Å². The first-order chi connectivity index (χ1) is 12.7. The SMILES string of the molecule is Nc1nccnc1C(=O)N1CC[C@H](Oc2cccnc2N2CCCC2)C1. The van der Waals surface area contributed by atoms with Crippen LogP contribution in [0.2, 0.25) is 0 Å². The van der Waals surface area contributed by atoms with Gasteiger partial charge in [-0.2, -0.15) is 0 Å². The number of likely N-dealkylation sites (tertiary alicyclic amines) is 1. The largest absolute Gasteiger partial charge is 0.485 e. The molecule has 0 spiro atoms. The van der Waals surface area contributed by atoms with E-state index in [1.54, 1.807) is 11.1 Å². The highest BCUT2D eigenvalue weighted by atomic mass is 16.5. The van der Waals surface area contributed by atoms with E-state index in [0.29, 0.717) is 13.1 Å². The summed E-state index contributed by atoms with van der Waals surface area (Å²) in [5.74, 6) is 1.64. The van der Waals surface area contributed by atoms with Gasteiger partial charge in [-0.1, -0.05) is 0 Å². The standard InChI is InChI=1S/C18H22N6O2/c19-16-15(20-7-8-21-16)18(25)24-11-5-13(12-24)26-14-4-3-6-22-17(14)23-9-1-2-10-23/h3-4,6-8,13H,1-2,5,9-12H2,(H2,19,21)/t13-/m0/s1. The van der Waals surface area contributed by atoms with Crippen molar-refractivity contribution in [2.75, 3.05) is 36.8 Å². The van der Waals surface area contributed by atoms with Crippen LogP contribution in [-0.4, -0.2) is 58.0 Å². The molecule has 136 valence electrons. The molecular weight excluding hydrogens is 332 g/mol. The smallest absolute Gasteiger partial charge is 0.276 e. The van der Waals surface area contributed by atoms with Gasteiger partial charge in [-0.25, -0.2) is 15.0 Å². The molecule has 2 aliphatic rings. The number of hydrogen-bond donors (Lipinski definition) is 1. The predicted molar refractivity (Wildman–Crippen MR) is 97.1 cm³/mol. The topological polar surface area (TPSA) is 97.5 Å². The minimum Gasteiger partial charge on any atom is -0.485 e. The Hall–Kier alpha value is -2.90. The molecule has 1 amide bonds. The van der Waals surface area contributed by atoms with Crippen LogP contribution in [0, 0.1) is 0 Å². The number of aromatic nitrogens is 3. The van der Waals surface area contributed by atoms with Gasteiger partial charge in [-0.15, -0.1) is 0 Å². The van der Waals surface area contributed by atoms with Crippen molar-refractivity contribution in [3.63, 3.8) is 0 Å². The highest BCUT2D eigenvalue weighted by Gasteiger charge is 2.31. The predicted octanol–water partition coefficient (Wildman–Crippen LogP) is 1.35. The Morgan fingerprint density at radius 2 is 1.92 bits per heavy atom. The molecule has 8 nitrogen and oxygen atoms in total. The zero-order valence-corrected chi connectivity index (χ0v) is 14.5. The number of carbonyl (C=O) groups excluding carboxylic acids is 1. The van der Waals surface area contributed by atoms with E-state index >= 15 is 0 Å². The number of nitrogens with two attached hydrogens (primary N) is 1. The number of amides is 1. The normalized spacial score (nSPS) is 19.8. The molecule has 2 aromatic heterocycles. The fourth-order valence-corrected chi connectivity index (χ4v) is 3.49. The summed E-state index contributed by atoms with van der Waals surface area (Å²) in [5, 5.41) is 0. The van der Waals surface area contributed by atoms with Crippen LogP contribution in [0.15, 0.2) is 30.7 Å². The van der Waals surface area contributed by atoms with E-state index in [9.17, 15) is 4.79 Å². The molecule has 2 fully saturated rings. The third kappa shape index (κ3) is 3.26. The minimum absolute atomic E-state index is 0.0672. The van der Waals surface area contributed by atoms with Crippen LogP contribution in [0.25, 0.3) is 0 Å². The van der Waals surface area contributed by atoms with Gasteiger partial charge in [-0.3, -0.25) is 4.79 Å². The Bertz CT molecular complexity index is 793. The van der Waals surface area contributed by atoms with Crippen LogP contribution in [-0.2, 0) is 0 Å². The summed E-state index contributed by atoms with van der Waals surface area (Å²) in [7, 11) is 0. The Balaban J connectivity index is 1.44. The number of anilines is 2. The van der Waals surface area contributed by atoms with Gasteiger partial charge >= 0.3 is 0 Å². The van der Waals surface area contributed by atoms with Crippen molar-refractivity contribution in [3.05, 3.63) is 36.4 Å². The maximum Gasteiger partial charge on any atom is 0.276 e. The molecule has 4 rings (SSSR count). The van der Waals surface area contributed by atoms with Gasteiger partial charge in [0.1, 0.15) is 6.10 Å². The van der Waals surface area contributed by atoms with Crippen LogP contribution in [0.1, 0.15) is 29.8 Å². The zero-order valence-electron chi connectivity index (χ0n) is 14.5. The summed E-state index contributed by atoms with van der Waals surface area (Å²) in [6.07, 6.45) is 7.81. The molecule has 26 heavy (non-hydrogen) atoms. The fourth-order valence-electron chi connectivity index (χ4n) is 3.49. The number of nitrogens with zero attached hydrogens (tertiary/aromatic N) is 5. The van der Waals surface area contributed by atoms with E-state index in [0.717, 1.165) is 31.1 Å². The molecule has 2 saturated heterocycles. The van der Waals surface area contributed by atoms with E-state index < -0.39 is 0 Å². The van der Waals surface area contributed by atoms with Crippen LogP contribution in [0.3, 0.4) is 0 Å². The minimum atomic E-state index is -0.201. The third-order valence-electron chi connectivity index (χ3n) is 4.81. The maximum absolute atomic E-state index is 12.6. The van der Waals surface area contributed by atoms with Gasteiger partial charge in [0.05, 0.1) is 6.54 Å². The Kier molecular flexibility index (Phi) is 4.55. The average molecular weight is 354 g/mol. The van der Waals surface area contributed by atoms with Crippen LogP contribution < -0.4 is 15.4 Å². The number of ether oxygens (including phenoxy) is 1. The van der Waals surface area contributed by atoms with Crippen molar-refractivity contribution in [3.8, 4) is 5.75 Å². The number of hydrogen-bond acceptors (Lipinski definition) is 7. The summed E-state index contributed by atoms with van der Waals surface area (Å²) in [4.78, 5) is 29.1. The molecule has 2 N–H and O–H groups in total. The van der Waals surface area contributed by atoms with Gasteiger partial charge in [-0.05, 0) is 25.0 Å². The number of pyridine rings is 1. The first kappa shape index (κ1) is 16.6. The van der Waals surface area contributed by atoms with Gasteiger partial charge in [0.2, 0.25) is 0 Å². The average Bonchev–Trinajstić information content (AvgIpc) is 3.34. The summed E-state index contributed by atoms with van der Waals surface area (Å²) in [6, 6.07) is 3.83. The Labute approximate surface area is 152 Å². The van der Waals surface area contributed by atoms with Crippen molar-refractivity contribution >= 4 is 17.5 Å². The molecule has 0 bridgehead atoms. The number of nitrogen functional groups attached to an aromatic ring is 1. The van der Waals surface area contributed by atoms with Crippen molar-refractivity contribution in [2.45, 2.75) is 25.4 Å². The summed E-state index contributed by atoms with van der Waals surface area (Å²) < 4.78 is 6.20. The molecule has 0 aromatic carbocycles. The summed E-state index contributed by atoms with van der Waals surface area (Å²) in [5.41, 5.74) is 5.97. The lowest BCUT2D eigenvalue weighted by molar-refractivity contribution is 0.0767.